The van der Waals surface area contributed by atoms with Crippen LogP contribution in [-0.4, -0.2) is 22.4 Å². The Balaban J connectivity index is 2.37. The first-order valence-electron chi connectivity index (χ1n) is 4.78. The molecule has 0 aromatic heterocycles. The fraction of sp³-hybridized carbons (Fsp3) is 0.800. The van der Waals surface area contributed by atoms with Gasteiger partial charge in [0.25, 0.3) is 0 Å². The Labute approximate surface area is 73.9 Å². The van der Waals surface area contributed by atoms with Crippen LogP contribution < -0.4 is 0 Å². The molecule has 0 radical (unpaired) electrons. The van der Waals surface area contributed by atoms with Gasteiger partial charge in [0.05, 0.1) is 12.2 Å². The SMILES string of the molecule is CCCCC1C=CC(O)CC1O. The zero-order valence-corrected chi connectivity index (χ0v) is 7.61. The van der Waals surface area contributed by atoms with Gasteiger partial charge in [-0.25, -0.2) is 0 Å². The molecule has 12 heavy (non-hydrogen) atoms. The van der Waals surface area contributed by atoms with Crippen molar-refractivity contribution in [3.8, 4) is 0 Å². The van der Waals surface area contributed by atoms with Crippen molar-refractivity contribution in [1.29, 1.82) is 0 Å². The Morgan fingerprint density at radius 2 is 2.08 bits per heavy atom. The monoisotopic (exact) mass is 170 g/mol. The van der Waals surface area contributed by atoms with Crippen LogP contribution >= 0.6 is 0 Å². The lowest BCUT2D eigenvalue weighted by Gasteiger charge is -2.25. The average molecular weight is 170 g/mol. The molecule has 0 bridgehead atoms. The molecule has 2 heteroatoms. The molecule has 3 unspecified atom stereocenters. The molecule has 0 heterocycles. The maximum Gasteiger partial charge on any atom is 0.0745 e. The van der Waals surface area contributed by atoms with Crippen molar-refractivity contribution >= 4 is 0 Å². The van der Waals surface area contributed by atoms with Gasteiger partial charge in [0, 0.05) is 12.3 Å². The third kappa shape index (κ3) is 2.61. The number of unbranched alkanes of at least 4 members (excludes halogenated alkanes) is 1. The number of aliphatic hydroxyl groups excluding tert-OH is 2. The molecule has 0 aromatic rings. The van der Waals surface area contributed by atoms with Crippen LogP contribution in [0.15, 0.2) is 12.2 Å². The molecule has 70 valence electrons. The van der Waals surface area contributed by atoms with Gasteiger partial charge in [-0.3, -0.25) is 0 Å². The smallest absolute Gasteiger partial charge is 0.0745 e. The van der Waals surface area contributed by atoms with Crippen LogP contribution in [0.4, 0.5) is 0 Å². The van der Waals surface area contributed by atoms with E-state index in [1.807, 2.05) is 6.08 Å². The maximum absolute atomic E-state index is 9.55. The van der Waals surface area contributed by atoms with E-state index >= 15 is 0 Å². The average Bonchev–Trinajstić information content (AvgIpc) is 2.03. The van der Waals surface area contributed by atoms with Gasteiger partial charge in [-0.1, -0.05) is 31.9 Å². The second-order valence-electron chi connectivity index (χ2n) is 3.56. The van der Waals surface area contributed by atoms with Crippen LogP contribution in [0, 0.1) is 5.92 Å². The molecule has 1 aliphatic rings. The van der Waals surface area contributed by atoms with Gasteiger partial charge in [-0.05, 0) is 6.42 Å². The number of aliphatic hydroxyl groups is 2. The summed E-state index contributed by atoms with van der Waals surface area (Å²) >= 11 is 0. The summed E-state index contributed by atoms with van der Waals surface area (Å²) in [6.07, 6.45) is 6.85. The summed E-state index contributed by atoms with van der Waals surface area (Å²) in [6.45, 7) is 2.15. The Kier molecular flexibility index (Phi) is 3.76. The van der Waals surface area contributed by atoms with E-state index in [1.54, 1.807) is 6.08 Å². The van der Waals surface area contributed by atoms with E-state index < -0.39 is 6.10 Å². The maximum atomic E-state index is 9.55. The van der Waals surface area contributed by atoms with Crippen molar-refractivity contribution < 1.29 is 10.2 Å². The molecule has 1 aliphatic carbocycles. The van der Waals surface area contributed by atoms with E-state index in [1.165, 1.54) is 6.42 Å². The summed E-state index contributed by atoms with van der Waals surface area (Å²) in [6, 6.07) is 0. The van der Waals surface area contributed by atoms with E-state index in [0.717, 1.165) is 12.8 Å². The second kappa shape index (κ2) is 4.63. The predicted octanol–water partition coefficient (Wildman–Crippen LogP) is 1.47. The van der Waals surface area contributed by atoms with E-state index in [-0.39, 0.29) is 12.0 Å². The lowest BCUT2D eigenvalue weighted by atomic mass is 9.87. The van der Waals surface area contributed by atoms with Crippen molar-refractivity contribution in [2.45, 2.75) is 44.8 Å². The Bertz CT molecular complexity index is 154. The van der Waals surface area contributed by atoms with Crippen LogP contribution in [0.1, 0.15) is 32.6 Å². The number of hydrogen-bond acceptors (Lipinski definition) is 2. The van der Waals surface area contributed by atoms with Gasteiger partial charge < -0.3 is 10.2 Å². The third-order valence-electron chi connectivity index (χ3n) is 2.45. The lowest BCUT2D eigenvalue weighted by Crippen LogP contribution is -2.27. The molecule has 2 N–H and O–H groups in total. The van der Waals surface area contributed by atoms with Crippen molar-refractivity contribution in [3.05, 3.63) is 12.2 Å². The number of rotatable bonds is 3. The van der Waals surface area contributed by atoms with Crippen LogP contribution in [0.25, 0.3) is 0 Å². The Morgan fingerprint density at radius 1 is 1.33 bits per heavy atom. The molecular formula is C10H18O2. The minimum atomic E-state index is -0.433. The van der Waals surface area contributed by atoms with Crippen LogP contribution in [-0.2, 0) is 0 Å². The topological polar surface area (TPSA) is 40.5 Å². The summed E-state index contributed by atoms with van der Waals surface area (Å²) < 4.78 is 0. The first kappa shape index (κ1) is 9.75. The molecule has 0 aromatic carbocycles. The molecule has 0 saturated heterocycles. The molecule has 2 nitrogen and oxygen atoms in total. The summed E-state index contributed by atoms with van der Waals surface area (Å²) in [5.74, 6) is 0.272. The van der Waals surface area contributed by atoms with Crippen molar-refractivity contribution in [1.82, 2.24) is 0 Å². The predicted molar refractivity (Wildman–Crippen MR) is 48.8 cm³/mol. The Morgan fingerprint density at radius 3 is 2.67 bits per heavy atom. The normalized spacial score (nSPS) is 35.4. The molecule has 3 atom stereocenters. The minimum Gasteiger partial charge on any atom is -0.392 e. The fourth-order valence-electron chi connectivity index (χ4n) is 1.63. The van der Waals surface area contributed by atoms with Gasteiger partial charge in [0.1, 0.15) is 0 Å². The molecule has 0 fully saturated rings. The van der Waals surface area contributed by atoms with Crippen molar-refractivity contribution in [2.24, 2.45) is 5.92 Å². The standard InChI is InChI=1S/C10H18O2/c1-2-3-4-8-5-6-9(11)7-10(8)12/h5-6,8-12H,2-4,7H2,1H3. The molecule has 0 amide bonds. The zero-order valence-electron chi connectivity index (χ0n) is 7.61. The second-order valence-corrected chi connectivity index (χ2v) is 3.56. The highest BCUT2D eigenvalue weighted by Crippen LogP contribution is 2.23. The molecule has 1 rings (SSSR count). The van der Waals surface area contributed by atoms with Crippen LogP contribution in [0.5, 0.6) is 0 Å². The zero-order chi connectivity index (χ0) is 8.97. The Hall–Kier alpha value is -0.340. The largest absolute Gasteiger partial charge is 0.392 e. The van der Waals surface area contributed by atoms with E-state index in [0.29, 0.717) is 6.42 Å². The highest BCUT2D eigenvalue weighted by molar-refractivity contribution is 5.02. The summed E-state index contributed by atoms with van der Waals surface area (Å²) in [5.41, 5.74) is 0. The summed E-state index contributed by atoms with van der Waals surface area (Å²) in [5, 5.41) is 18.7. The van der Waals surface area contributed by atoms with Crippen LogP contribution in [0.3, 0.4) is 0 Å². The highest BCUT2D eigenvalue weighted by atomic mass is 16.3. The first-order chi connectivity index (χ1) is 5.74. The minimum absolute atomic E-state index is 0.272. The van der Waals surface area contributed by atoms with Gasteiger partial charge in [-0.15, -0.1) is 0 Å². The summed E-state index contributed by atoms with van der Waals surface area (Å²) in [4.78, 5) is 0. The van der Waals surface area contributed by atoms with Gasteiger partial charge in [-0.2, -0.15) is 0 Å². The van der Waals surface area contributed by atoms with Gasteiger partial charge in [0.2, 0.25) is 0 Å². The molecule has 0 saturated carbocycles. The quantitative estimate of drug-likeness (QED) is 0.630. The lowest BCUT2D eigenvalue weighted by molar-refractivity contribution is 0.0606. The van der Waals surface area contributed by atoms with Crippen molar-refractivity contribution in [3.63, 3.8) is 0 Å². The highest BCUT2D eigenvalue weighted by Gasteiger charge is 2.22. The third-order valence-corrected chi connectivity index (χ3v) is 2.45. The number of hydrogen-bond donors (Lipinski definition) is 2. The van der Waals surface area contributed by atoms with Gasteiger partial charge >= 0.3 is 0 Å². The van der Waals surface area contributed by atoms with E-state index in [4.69, 9.17) is 0 Å². The fourth-order valence-corrected chi connectivity index (χ4v) is 1.63. The molecule has 0 spiro atoms. The van der Waals surface area contributed by atoms with E-state index in [2.05, 4.69) is 6.92 Å². The van der Waals surface area contributed by atoms with Crippen molar-refractivity contribution in [2.75, 3.05) is 0 Å². The van der Waals surface area contributed by atoms with Gasteiger partial charge in [0.15, 0.2) is 0 Å². The molecule has 0 aliphatic heterocycles. The van der Waals surface area contributed by atoms with E-state index in [9.17, 15) is 10.2 Å². The summed E-state index contributed by atoms with van der Waals surface area (Å²) in [7, 11) is 0. The molecular weight excluding hydrogens is 152 g/mol. The van der Waals surface area contributed by atoms with Crippen LogP contribution in [0.2, 0.25) is 0 Å². The first-order valence-corrected chi connectivity index (χ1v) is 4.78.